The van der Waals surface area contributed by atoms with Crippen molar-refractivity contribution in [1.82, 2.24) is 24.7 Å². The van der Waals surface area contributed by atoms with E-state index in [2.05, 4.69) is 36.3 Å². The normalized spacial score (nSPS) is 11.7. The summed E-state index contributed by atoms with van der Waals surface area (Å²) in [6.45, 7) is 0.133. The smallest absolute Gasteiger partial charge is 0.404 e. The molecular weight excluding hydrogens is 440 g/mol. The molecule has 0 fully saturated rings. The van der Waals surface area contributed by atoms with Crippen LogP contribution < -0.4 is 0 Å². The van der Waals surface area contributed by atoms with E-state index in [1.165, 1.54) is 17.1 Å². The highest BCUT2D eigenvalue weighted by atomic mass is 79.9. The molecular formula is C12H8BrF2N7O3S. The number of alkyl halides is 2. The summed E-state index contributed by atoms with van der Waals surface area (Å²) in [5, 5.41) is 24.0. The minimum atomic E-state index is -2.85. The zero-order valence-corrected chi connectivity index (χ0v) is 14.9. The zero-order valence-electron chi connectivity index (χ0n) is 12.5. The molecule has 3 aromatic rings. The highest BCUT2D eigenvalue weighted by Crippen LogP contribution is 2.22. The SMILES string of the molecule is O=[N+]([O-])c1nn(Cc2ccc(/C=N/n3c(C(F)F)n[nH]c3=S)o2)cc1Br. The van der Waals surface area contributed by atoms with Crippen molar-refractivity contribution in [2.75, 3.05) is 0 Å². The molecule has 0 radical (unpaired) electrons. The molecule has 26 heavy (non-hydrogen) atoms. The predicted molar refractivity (Wildman–Crippen MR) is 89.8 cm³/mol. The first-order chi connectivity index (χ1) is 12.3. The highest BCUT2D eigenvalue weighted by molar-refractivity contribution is 9.10. The van der Waals surface area contributed by atoms with E-state index in [1.54, 1.807) is 12.1 Å². The minimum Gasteiger partial charge on any atom is -0.458 e. The molecule has 14 heteroatoms. The van der Waals surface area contributed by atoms with Gasteiger partial charge in [-0.25, -0.2) is 13.9 Å². The van der Waals surface area contributed by atoms with Crippen LogP contribution in [0.2, 0.25) is 0 Å². The van der Waals surface area contributed by atoms with E-state index in [0.29, 0.717) is 5.76 Å². The summed E-state index contributed by atoms with van der Waals surface area (Å²) in [4.78, 5) is 10.2. The van der Waals surface area contributed by atoms with Crippen LogP contribution >= 0.6 is 28.1 Å². The van der Waals surface area contributed by atoms with Crippen molar-refractivity contribution < 1.29 is 18.1 Å². The van der Waals surface area contributed by atoms with Crippen LogP contribution in [0, 0.1) is 14.9 Å². The summed E-state index contributed by atoms with van der Waals surface area (Å²) < 4.78 is 33.3. The summed E-state index contributed by atoms with van der Waals surface area (Å²) in [7, 11) is 0. The first kappa shape index (κ1) is 18.1. The number of nitro groups is 1. The molecule has 3 aromatic heterocycles. The molecule has 0 unspecified atom stereocenters. The first-order valence-corrected chi connectivity index (χ1v) is 8.01. The average Bonchev–Trinajstić information content (AvgIpc) is 3.25. The number of hydrogen-bond donors (Lipinski definition) is 1. The maximum Gasteiger partial charge on any atom is 0.404 e. The molecule has 136 valence electrons. The van der Waals surface area contributed by atoms with E-state index in [9.17, 15) is 18.9 Å². The molecule has 0 aliphatic carbocycles. The van der Waals surface area contributed by atoms with Gasteiger partial charge in [0.25, 0.3) is 6.43 Å². The van der Waals surface area contributed by atoms with E-state index < -0.39 is 17.2 Å². The monoisotopic (exact) mass is 447 g/mol. The number of furan rings is 1. The van der Waals surface area contributed by atoms with Crippen molar-refractivity contribution in [3.63, 3.8) is 0 Å². The van der Waals surface area contributed by atoms with Crippen LogP contribution in [0.4, 0.5) is 14.6 Å². The van der Waals surface area contributed by atoms with Gasteiger partial charge < -0.3 is 14.5 Å². The number of rotatable bonds is 6. The van der Waals surface area contributed by atoms with Crippen molar-refractivity contribution in [3.8, 4) is 0 Å². The summed E-state index contributed by atoms with van der Waals surface area (Å²) in [5.41, 5.74) is 0. The minimum absolute atomic E-state index is 0.0861. The molecule has 10 nitrogen and oxygen atoms in total. The Bertz CT molecular complexity index is 1040. The van der Waals surface area contributed by atoms with Gasteiger partial charge in [0, 0.05) is 0 Å². The third-order valence-electron chi connectivity index (χ3n) is 3.04. The fourth-order valence-corrected chi connectivity index (χ4v) is 2.62. The van der Waals surface area contributed by atoms with Crippen molar-refractivity contribution in [1.29, 1.82) is 0 Å². The highest BCUT2D eigenvalue weighted by Gasteiger charge is 2.19. The Labute approximate surface area is 156 Å². The van der Waals surface area contributed by atoms with Gasteiger partial charge in [0.05, 0.1) is 17.5 Å². The number of aromatic amines is 1. The van der Waals surface area contributed by atoms with Gasteiger partial charge in [0.1, 0.15) is 22.5 Å². The van der Waals surface area contributed by atoms with Gasteiger partial charge >= 0.3 is 5.82 Å². The van der Waals surface area contributed by atoms with Gasteiger partial charge in [-0.2, -0.15) is 19.6 Å². The molecule has 3 heterocycles. The molecule has 1 N–H and O–H groups in total. The number of hydrogen-bond acceptors (Lipinski definition) is 7. The van der Waals surface area contributed by atoms with Gasteiger partial charge in [0.2, 0.25) is 10.6 Å². The third kappa shape index (κ3) is 3.75. The lowest BCUT2D eigenvalue weighted by Gasteiger charge is -1.97. The third-order valence-corrected chi connectivity index (χ3v) is 3.87. The second-order valence-electron chi connectivity index (χ2n) is 4.80. The van der Waals surface area contributed by atoms with Crippen LogP contribution in [0.3, 0.4) is 0 Å². The summed E-state index contributed by atoms with van der Waals surface area (Å²) >= 11 is 7.88. The Balaban J connectivity index is 1.76. The Morgan fingerprint density at radius 1 is 1.54 bits per heavy atom. The van der Waals surface area contributed by atoms with Crippen LogP contribution in [-0.4, -0.2) is 35.8 Å². The lowest BCUT2D eigenvalue weighted by molar-refractivity contribution is -0.390. The van der Waals surface area contributed by atoms with E-state index >= 15 is 0 Å². The molecule has 0 atom stereocenters. The van der Waals surface area contributed by atoms with Gasteiger partial charge in [-0.15, -0.1) is 0 Å². The van der Waals surface area contributed by atoms with Gasteiger partial charge in [0.15, 0.2) is 0 Å². The largest absolute Gasteiger partial charge is 0.458 e. The van der Waals surface area contributed by atoms with Crippen molar-refractivity contribution in [3.05, 3.63) is 55.0 Å². The maximum absolute atomic E-state index is 12.8. The van der Waals surface area contributed by atoms with E-state index in [4.69, 9.17) is 16.6 Å². The molecule has 0 spiro atoms. The van der Waals surface area contributed by atoms with Crippen LogP contribution in [0.1, 0.15) is 23.8 Å². The topological polar surface area (TPSA) is 120 Å². The van der Waals surface area contributed by atoms with Crippen LogP contribution in [-0.2, 0) is 6.54 Å². The number of halogens is 3. The Morgan fingerprint density at radius 2 is 2.31 bits per heavy atom. The Kier molecular flexibility index (Phi) is 5.03. The molecule has 0 aliphatic heterocycles. The number of aromatic nitrogens is 5. The molecule has 0 bridgehead atoms. The molecule has 0 amide bonds. The van der Waals surface area contributed by atoms with Crippen molar-refractivity contribution in [2.45, 2.75) is 13.0 Å². The van der Waals surface area contributed by atoms with Gasteiger partial charge in [-0.05, 0) is 45.2 Å². The molecule has 3 rings (SSSR count). The van der Waals surface area contributed by atoms with E-state index in [0.717, 1.165) is 4.68 Å². The quantitative estimate of drug-likeness (QED) is 0.268. The number of nitrogens with zero attached hydrogens (tertiary/aromatic N) is 6. The van der Waals surface area contributed by atoms with Crippen molar-refractivity contribution >= 4 is 40.2 Å². The van der Waals surface area contributed by atoms with Crippen LogP contribution in [0.25, 0.3) is 0 Å². The lowest BCUT2D eigenvalue weighted by atomic mass is 10.4. The van der Waals surface area contributed by atoms with E-state index in [1.807, 2.05) is 0 Å². The lowest BCUT2D eigenvalue weighted by Crippen LogP contribution is -2.00. The number of H-pyrrole nitrogens is 1. The average molecular weight is 448 g/mol. The zero-order chi connectivity index (χ0) is 18.8. The molecule has 0 saturated heterocycles. The van der Waals surface area contributed by atoms with Gasteiger partial charge in [-0.3, -0.25) is 0 Å². The Morgan fingerprint density at radius 3 is 2.96 bits per heavy atom. The summed E-state index contributed by atoms with van der Waals surface area (Å²) in [5.74, 6) is -0.232. The van der Waals surface area contributed by atoms with Crippen LogP contribution in [0.5, 0.6) is 0 Å². The van der Waals surface area contributed by atoms with Crippen molar-refractivity contribution in [2.24, 2.45) is 5.10 Å². The van der Waals surface area contributed by atoms with E-state index in [-0.39, 0.29) is 27.4 Å². The van der Waals surface area contributed by atoms with Gasteiger partial charge in [-0.1, -0.05) is 0 Å². The predicted octanol–water partition coefficient (Wildman–Crippen LogP) is 3.27. The Hall–Kier alpha value is -2.74. The molecule has 0 aliphatic rings. The summed E-state index contributed by atoms with van der Waals surface area (Å²) in [6.07, 6.45) is -0.211. The standard InChI is InChI=1S/C12H8BrF2N7O3S/c13-8-5-20(19-10(8)22(23)24)4-7-2-1-6(25-7)3-16-21-11(9(14)15)17-18-12(21)26/h1-3,5,9H,4H2,(H,18,26)/b16-3+. The fourth-order valence-electron chi connectivity index (χ4n) is 1.97. The van der Waals surface area contributed by atoms with Crippen LogP contribution in [0.15, 0.2) is 32.3 Å². The fraction of sp³-hybridized carbons (Fsp3) is 0.167. The summed E-state index contributed by atoms with van der Waals surface area (Å²) in [6, 6.07) is 3.16. The molecule has 0 aromatic carbocycles. The maximum atomic E-state index is 12.8. The first-order valence-electron chi connectivity index (χ1n) is 6.81. The second-order valence-corrected chi connectivity index (χ2v) is 6.04. The molecule has 0 saturated carbocycles. The number of nitrogens with one attached hydrogen (secondary N) is 1. The second kappa shape index (κ2) is 7.25.